The SMILES string of the molecule is COC(=O)CF.Cc1ccccc1. The number of rotatable bonds is 1. The average Bonchev–Trinajstić information content (AvgIpc) is 2.19. The number of carbonyl (C=O) groups excluding carboxylic acids is 1. The van der Waals surface area contributed by atoms with Crippen LogP contribution in [0, 0.1) is 6.92 Å². The first-order valence-corrected chi connectivity index (χ1v) is 3.85. The van der Waals surface area contributed by atoms with Gasteiger partial charge in [0.1, 0.15) is 0 Å². The third-order valence-corrected chi connectivity index (χ3v) is 1.28. The van der Waals surface area contributed by atoms with E-state index in [1.165, 1.54) is 5.56 Å². The van der Waals surface area contributed by atoms with E-state index in [2.05, 4.69) is 23.8 Å². The highest BCUT2D eigenvalue weighted by Crippen LogP contribution is 1.92. The van der Waals surface area contributed by atoms with Gasteiger partial charge in [-0.3, -0.25) is 0 Å². The molecule has 0 aliphatic carbocycles. The molecule has 0 N–H and O–H groups in total. The number of hydrogen-bond acceptors (Lipinski definition) is 2. The number of aryl methyl sites for hydroxylation is 1. The quantitative estimate of drug-likeness (QED) is 0.625. The van der Waals surface area contributed by atoms with Crippen molar-refractivity contribution >= 4 is 5.97 Å². The summed E-state index contributed by atoms with van der Waals surface area (Å²) in [6.45, 7) is 1.05. The number of ether oxygens (including phenoxy) is 1. The minimum Gasteiger partial charge on any atom is -0.467 e. The molecule has 0 aliphatic heterocycles. The van der Waals surface area contributed by atoms with E-state index in [0.717, 1.165) is 7.11 Å². The predicted molar refractivity (Wildman–Crippen MR) is 49.2 cm³/mol. The average molecular weight is 184 g/mol. The zero-order chi connectivity index (χ0) is 10.1. The van der Waals surface area contributed by atoms with Crippen LogP contribution in [0.5, 0.6) is 0 Å². The summed E-state index contributed by atoms with van der Waals surface area (Å²) >= 11 is 0. The molecule has 0 unspecified atom stereocenters. The van der Waals surface area contributed by atoms with Crippen molar-refractivity contribution in [2.75, 3.05) is 13.8 Å². The molecule has 13 heavy (non-hydrogen) atoms. The van der Waals surface area contributed by atoms with E-state index in [9.17, 15) is 9.18 Å². The third kappa shape index (κ3) is 7.00. The third-order valence-electron chi connectivity index (χ3n) is 1.28. The van der Waals surface area contributed by atoms with Gasteiger partial charge in [-0.2, -0.15) is 0 Å². The topological polar surface area (TPSA) is 26.3 Å². The van der Waals surface area contributed by atoms with Crippen LogP contribution in [-0.4, -0.2) is 19.8 Å². The number of carbonyl (C=O) groups is 1. The molecule has 0 heterocycles. The molecule has 72 valence electrons. The molecule has 0 saturated carbocycles. The highest BCUT2D eigenvalue weighted by Gasteiger charge is 1.91. The van der Waals surface area contributed by atoms with Crippen LogP contribution >= 0.6 is 0 Å². The van der Waals surface area contributed by atoms with Crippen LogP contribution in [0.15, 0.2) is 30.3 Å². The lowest BCUT2D eigenvalue weighted by Gasteiger charge is -1.85. The van der Waals surface area contributed by atoms with Gasteiger partial charge in [-0.05, 0) is 6.92 Å². The van der Waals surface area contributed by atoms with Crippen molar-refractivity contribution < 1.29 is 13.9 Å². The van der Waals surface area contributed by atoms with Gasteiger partial charge < -0.3 is 4.74 Å². The van der Waals surface area contributed by atoms with Gasteiger partial charge in [0.2, 0.25) is 0 Å². The highest BCUT2D eigenvalue weighted by molar-refractivity contribution is 5.70. The predicted octanol–water partition coefficient (Wildman–Crippen LogP) is 2.12. The lowest BCUT2D eigenvalue weighted by molar-refractivity contribution is -0.141. The van der Waals surface area contributed by atoms with Crippen molar-refractivity contribution in [2.24, 2.45) is 0 Å². The number of halogens is 1. The molecule has 0 aliphatic rings. The van der Waals surface area contributed by atoms with E-state index in [1.54, 1.807) is 0 Å². The van der Waals surface area contributed by atoms with E-state index >= 15 is 0 Å². The number of methoxy groups -OCH3 is 1. The second kappa shape index (κ2) is 7.28. The Balaban J connectivity index is 0.000000226. The first-order valence-electron chi connectivity index (χ1n) is 3.85. The Morgan fingerprint density at radius 3 is 2.08 bits per heavy atom. The lowest BCUT2D eigenvalue weighted by atomic mass is 10.2. The number of benzene rings is 1. The smallest absolute Gasteiger partial charge is 0.337 e. The van der Waals surface area contributed by atoms with Gasteiger partial charge in [0, 0.05) is 0 Å². The van der Waals surface area contributed by atoms with Crippen molar-refractivity contribution in [3.63, 3.8) is 0 Å². The van der Waals surface area contributed by atoms with Crippen molar-refractivity contribution in [1.29, 1.82) is 0 Å². The second-order valence-electron chi connectivity index (χ2n) is 2.36. The van der Waals surface area contributed by atoms with Crippen molar-refractivity contribution in [2.45, 2.75) is 6.92 Å². The number of alkyl halides is 1. The maximum absolute atomic E-state index is 10.9. The molecule has 2 nitrogen and oxygen atoms in total. The first-order chi connectivity index (χ1) is 6.20. The van der Waals surface area contributed by atoms with Crippen molar-refractivity contribution in [3.8, 4) is 0 Å². The summed E-state index contributed by atoms with van der Waals surface area (Å²) < 4.78 is 14.8. The van der Waals surface area contributed by atoms with E-state index in [-0.39, 0.29) is 0 Å². The summed E-state index contributed by atoms with van der Waals surface area (Å²) in [7, 11) is 1.14. The van der Waals surface area contributed by atoms with Crippen LogP contribution in [0.4, 0.5) is 4.39 Å². The molecule has 0 bridgehead atoms. The van der Waals surface area contributed by atoms with Crippen LogP contribution in [-0.2, 0) is 9.53 Å². The fraction of sp³-hybridized carbons (Fsp3) is 0.300. The Morgan fingerprint density at radius 1 is 1.38 bits per heavy atom. The Labute approximate surface area is 77.3 Å². The van der Waals surface area contributed by atoms with Gasteiger partial charge in [0.15, 0.2) is 6.67 Å². The van der Waals surface area contributed by atoms with E-state index in [4.69, 9.17) is 0 Å². The first kappa shape index (κ1) is 11.6. The van der Waals surface area contributed by atoms with Crippen LogP contribution in [0.1, 0.15) is 5.56 Å². The standard InChI is InChI=1S/C7H8.C3H5FO2/c1-7-5-3-2-4-6-7;1-6-3(5)2-4/h2-6H,1H3;2H2,1H3. The molecule has 0 radical (unpaired) electrons. The second-order valence-corrected chi connectivity index (χ2v) is 2.36. The fourth-order valence-corrected chi connectivity index (χ4v) is 0.589. The zero-order valence-electron chi connectivity index (χ0n) is 7.79. The minimum atomic E-state index is -1.03. The summed E-state index contributed by atoms with van der Waals surface area (Å²) in [4.78, 5) is 9.58. The van der Waals surface area contributed by atoms with Gasteiger partial charge in [0.25, 0.3) is 0 Å². The van der Waals surface area contributed by atoms with Crippen molar-refractivity contribution in [3.05, 3.63) is 35.9 Å². The summed E-state index contributed by atoms with van der Waals surface area (Å²) in [6, 6.07) is 10.3. The monoisotopic (exact) mass is 184 g/mol. The molecule has 0 fully saturated rings. The van der Waals surface area contributed by atoms with Gasteiger partial charge in [-0.1, -0.05) is 35.9 Å². The van der Waals surface area contributed by atoms with Gasteiger partial charge in [-0.25, -0.2) is 9.18 Å². The molecule has 0 atom stereocenters. The van der Waals surface area contributed by atoms with Gasteiger partial charge >= 0.3 is 5.97 Å². The lowest BCUT2D eigenvalue weighted by Crippen LogP contribution is -2.00. The Bertz CT molecular complexity index is 228. The van der Waals surface area contributed by atoms with E-state index in [0.29, 0.717) is 0 Å². The largest absolute Gasteiger partial charge is 0.467 e. The normalized spacial score (nSPS) is 8.23. The Kier molecular flexibility index (Phi) is 6.51. The molecule has 0 saturated heterocycles. The Hall–Kier alpha value is -1.38. The van der Waals surface area contributed by atoms with Crippen molar-refractivity contribution in [1.82, 2.24) is 0 Å². The maximum atomic E-state index is 10.9. The fourth-order valence-electron chi connectivity index (χ4n) is 0.589. The summed E-state index contributed by atoms with van der Waals surface area (Å²) in [6.07, 6.45) is 0. The molecule has 0 spiro atoms. The molecule has 3 heteroatoms. The van der Waals surface area contributed by atoms with Gasteiger partial charge in [0.05, 0.1) is 7.11 Å². The molecule has 0 amide bonds. The van der Waals surface area contributed by atoms with Crippen LogP contribution in [0.2, 0.25) is 0 Å². The maximum Gasteiger partial charge on any atom is 0.337 e. The molecular weight excluding hydrogens is 171 g/mol. The summed E-state index contributed by atoms with van der Waals surface area (Å²) in [5.41, 5.74) is 1.32. The molecular formula is C10H13FO2. The molecule has 0 aromatic heterocycles. The molecule has 1 aromatic carbocycles. The molecule has 1 rings (SSSR count). The number of esters is 1. The van der Waals surface area contributed by atoms with E-state index < -0.39 is 12.6 Å². The Morgan fingerprint density at radius 2 is 1.92 bits per heavy atom. The van der Waals surface area contributed by atoms with E-state index in [1.807, 2.05) is 18.2 Å². The van der Waals surface area contributed by atoms with Crippen LogP contribution in [0.3, 0.4) is 0 Å². The zero-order valence-corrected chi connectivity index (χ0v) is 7.79. The summed E-state index contributed by atoms with van der Waals surface area (Å²) in [5, 5.41) is 0. The molecule has 1 aromatic rings. The van der Waals surface area contributed by atoms with Crippen LogP contribution < -0.4 is 0 Å². The number of hydrogen-bond donors (Lipinski definition) is 0. The van der Waals surface area contributed by atoms with Gasteiger partial charge in [-0.15, -0.1) is 0 Å². The highest BCUT2D eigenvalue weighted by atomic mass is 19.1. The van der Waals surface area contributed by atoms with Crippen LogP contribution in [0.25, 0.3) is 0 Å². The minimum absolute atomic E-state index is 0.824. The summed E-state index contributed by atoms with van der Waals surface area (Å²) in [5.74, 6) is -0.824.